The zero-order chi connectivity index (χ0) is 12.3. The summed E-state index contributed by atoms with van der Waals surface area (Å²) < 4.78 is 10.9. The van der Waals surface area contributed by atoms with Crippen LogP contribution in [0, 0.1) is 0 Å². The van der Waals surface area contributed by atoms with E-state index < -0.39 is 6.10 Å². The average Bonchev–Trinajstić information content (AvgIpc) is 2.26. The van der Waals surface area contributed by atoms with E-state index in [0.29, 0.717) is 11.5 Å². The Labute approximate surface area is 120 Å². The third-order valence-corrected chi connectivity index (χ3v) is 3.63. The van der Waals surface area contributed by atoms with Gasteiger partial charge in [-0.2, -0.15) is 0 Å². The third kappa shape index (κ3) is 3.12. The van der Waals surface area contributed by atoms with Crippen molar-refractivity contribution in [3.63, 3.8) is 0 Å². The monoisotopic (exact) mass is 416 g/mol. The standard InChI is InChI=1S/C10H11Br3O3/c1-15-7-4-5(8(14)10(12)13)3-6(11)9(7)16-2/h3-4,8,10,14H,1-2H3. The molecular weight excluding hydrogens is 408 g/mol. The molecule has 0 bridgehead atoms. The molecule has 0 heterocycles. The zero-order valence-electron chi connectivity index (χ0n) is 8.71. The number of ether oxygens (including phenoxy) is 2. The fourth-order valence-corrected chi connectivity index (χ4v) is 2.49. The van der Waals surface area contributed by atoms with Crippen molar-refractivity contribution in [2.75, 3.05) is 14.2 Å². The number of rotatable bonds is 4. The van der Waals surface area contributed by atoms with Crippen LogP contribution in [-0.4, -0.2) is 23.1 Å². The maximum atomic E-state index is 9.89. The number of aliphatic hydroxyl groups is 1. The Morgan fingerprint density at radius 2 is 1.81 bits per heavy atom. The molecule has 90 valence electrons. The molecule has 6 heteroatoms. The van der Waals surface area contributed by atoms with E-state index >= 15 is 0 Å². The highest BCUT2D eigenvalue weighted by molar-refractivity contribution is 9.24. The Morgan fingerprint density at radius 1 is 1.19 bits per heavy atom. The molecule has 0 saturated carbocycles. The van der Waals surface area contributed by atoms with Gasteiger partial charge in [-0.15, -0.1) is 0 Å². The van der Waals surface area contributed by atoms with Crippen LogP contribution in [0.25, 0.3) is 0 Å². The summed E-state index contributed by atoms with van der Waals surface area (Å²) in [6, 6.07) is 3.53. The lowest BCUT2D eigenvalue weighted by Gasteiger charge is -2.16. The first-order valence-electron chi connectivity index (χ1n) is 4.39. The second-order valence-corrected chi connectivity index (χ2v) is 7.07. The first kappa shape index (κ1) is 14.3. The van der Waals surface area contributed by atoms with Crippen LogP contribution < -0.4 is 9.47 Å². The lowest BCUT2D eigenvalue weighted by Crippen LogP contribution is -2.06. The molecule has 1 atom stereocenters. The van der Waals surface area contributed by atoms with Crippen LogP contribution in [0.15, 0.2) is 16.6 Å². The molecule has 0 aliphatic heterocycles. The van der Waals surface area contributed by atoms with Gasteiger partial charge in [-0.05, 0) is 33.6 Å². The van der Waals surface area contributed by atoms with Crippen molar-refractivity contribution in [2.24, 2.45) is 0 Å². The van der Waals surface area contributed by atoms with Crippen molar-refractivity contribution < 1.29 is 14.6 Å². The molecule has 0 radical (unpaired) electrons. The summed E-state index contributed by atoms with van der Waals surface area (Å²) in [5.41, 5.74) is 0.725. The molecule has 0 aromatic heterocycles. The quantitative estimate of drug-likeness (QED) is 0.759. The molecule has 1 aromatic carbocycles. The molecule has 16 heavy (non-hydrogen) atoms. The number of hydrogen-bond acceptors (Lipinski definition) is 3. The smallest absolute Gasteiger partial charge is 0.174 e. The van der Waals surface area contributed by atoms with Gasteiger partial charge >= 0.3 is 0 Å². The summed E-state index contributed by atoms with van der Waals surface area (Å²) >= 11 is 9.89. The largest absolute Gasteiger partial charge is 0.493 e. The van der Waals surface area contributed by atoms with Gasteiger partial charge in [0.2, 0.25) is 0 Å². The van der Waals surface area contributed by atoms with E-state index in [4.69, 9.17) is 9.47 Å². The fourth-order valence-electron chi connectivity index (χ4n) is 1.25. The molecule has 0 aliphatic rings. The van der Waals surface area contributed by atoms with Gasteiger partial charge in [0.15, 0.2) is 11.5 Å². The SMILES string of the molecule is COc1cc(C(O)C(Br)Br)cc(Br)c1OC. The zero-order valence-corrected chi connectivity index (χ0v) is 13.5. The van der Waals surface area contributed by atoms with E-state index in [0.717, 1.165) is 10.0 Å². The number of hydrogen-bond donors (Lipinski definition) is 1. The van der Waals surface area contributed by atoms with Crippen LogP contribution in [0.4, 0.5) is 0 Å². The molecule has 0 fully saturated rings. The minimum atomic E-state index is -0.670. The summed E-state index contributed by atoms with van der Waals surface area (Å²) in [6.07, 6.45) is -0.670. The average molecular weight is 419 g/mol. The van der Waals surface area contributed by atoms with Crippen molar-refractivity contribution >= 4 is 47.8 Å². The van der Waals surface area contributed by atoms with Crippen LogP contribution in [0.1, 0.15) is 11.7 Å². The highest BCUT2D eigenvalue weighted by Crippen LogP contribution is 2.39. The Morgan fingerprint density at radius 3 is 2.25 bits per heavy atom. The number of halogens is 3. The predicted molar refractivity (Wildman–Crippen MR) is 73.8 cm³/mol. The molecule has 1 unspecified atom stereocenters. The van der Waals surface area contributed by atoms with E-state index in [1.54, 1.807) is 26.4 Å². The lowest BCUT2D eigenvalue weighted by atomic mass is 10.1. The maximum Gasteiger partial charge on any atom is 0.174 e. The van der Waals surface area contributed by atoms with Crippen molar-refractivity contribution in [3.05, 3.63) is 22.2 Å². The lowest BCUT2D eigenvalue weighted by molar-refractivity contribution is 0.198. The first-order chi connectivity index (χ1) is 7.51. The van der Waals surface area contributed by atoms with Gasteiger partial charge in [-0.25, -0.2) is 0 Å². The van der Waals surface area contributed by atoms with E-state index in [2.05, 4.69) is 47.8 Å². The molecule has 1 rings (SSSR count). The third-order valence-electron chi connectivity index (χ3n) is 2.04. The van der Waals surface area contributed by atoms with Crippen molar-refractivity contribution in [3.8, 4) is 11.5 Å². The Kier molecular flexibility index (Phi) is 5.56. The van der Waals surface area contributed by atoms with Crippen LogP contribution in [0.3, 0.4) is 0 Å². The van der Waals surface area contributed by atoms with Crippen molar-refractivity contribution in [2.45, 2.75) is 9.84 Å². The molecule has 3 nitrogen and oxygen atoms in total. The van der Waals surface area contributed by atoms with Crippen molar-refractivity contribution in [1.29, 1.82) is 0 Å². The highest BCUT2D eigenvalue weighted by atomic mass is 79.9. The normalized spacial score (nSPS) is 12.7. The van der Waals surface area contributed by atoms with Gasteiger partial charge in [0, 0.05) is 0 Å². The molecular formula is C10H11Br3O3. The minimum absolute atomic E-state index is 0.218. The summed E-state index contributed by atoms with van der Waals surface area (Å²) in [6.45, 7) is 0. The minimum Gasteiger partial charge on any atom is -0.493 e. The first-order valence-corrected chi connectivity index (χ1v) is 7.01. The van der Waals surface area contributed by atoms with Crippen LogP contribution >= 0.6 is 47.8 Å². The fraction of sp³-hybridized carbons (Fsp3) is 0.400. The Hall–Kier alpha value is 0.220. The summed E-state index contributed by atoms with van der Waals surface area (Å²) in [5, 5.41) is 9.89. The van der Waals surface area contributed by atoms with E-state index in [9.17, 15) is 5.11 Å². The van der Waals surface area contributed by atoms with E-state index in [-0.39, 0.29) is 3.74 Å². The highest BCUT2D eigenvalue weighted by Gasteiger charge is 2.19. The van der Waals surface area contributed by atoms with Crippen LogP contribution in [-0.2, 0) is 0 Å². The summed E-state index contributed by atoms with van der Waals surface area (Å²) in [4.78, 5) is 0. The second-order valence-electron chi connectivity index (χ2n) is 3.02. The maximum absolute atomic E-state index is 9.89. The predicted octanol–water partition coefficient (Wildman–Crippen LogP) is 3.62. The van der Waals surface area contributed by atoms with Gasteiger partial charge in [0.05, 0.1) is 22.4 Å². The second kappa shape index (κ2) is 6.23. The molecule has 0 amide bonds. The van der Waals surface area contributed by atoms with Gasteiger partial charge in [-0.3, -0.25) is 0 Å². The molecule has 1 N–H and O–H groups in total. The summed E-state index contributed by atoms with van der Waals surface area (Å²) in [7, 11) is 3.12. The summed E-state index contributed by atoms with van der Waals surface area (Å²) in [5.74, 6) is 1.19. The molecule has 0 aliphatic carbocycles. The van der Waals surface area contributed by atoms with E-state index in [1.807, 2.05) is 0 Å². The Balaban J connectivity index is 3.20. The van der Waals surface area contributed by atoms with Gasteiger partial charge in [-0.1, -0.05) is 31.9 Å². The molecule has 1 aromatic rings. The topological polar surface area (TPSA) is 38.7 Å². The van der Waals surface area contributed by atoms with E-state index in [1.165, 1.54) is 0 Å². The number of alkyl halides is 2. The molecule has 0 spiro atoms. The van der Waals surface area contributed by atoms with Gasteiger partial charge in [0.1, 0.15) is 6.10 Å². The number of aliphatic hydroxyl groups excluding tert-OH is 1. The van der Waals surface area contributed by atoms with Gasteiger partial charge < -0.3 is 14.6 Å². The molecule has 0 saturated heterocycles. The van der Waals surface area contributed by atoms with Gasteiger partial charge in [0.25, 0.3) is 0 Å². The number of methoxy groups -OCH3 is 2. The van der Waals surface area contributed by atoms with Crippen molar-refractivity contribution in [1.82, 2.24) is 0 Å². The Bertz CT molecular complexity index is 369. The number of benzene rings is 1. The van der Waals surface area contributed by atoms with Crippen LogP contribution in [0.5, 0.6) is 11.5 Å². The van der Waals surface area contributed by atoms with Crippen LogP contribution in [0.2, 0.25) is 0 Å².